The lowest BCUT2D eigenvalue weighted by molar-refractivity contribution is -0.130. The molecule has 2 aliphatic heterocycles. The smallest absolute Gasteiger partial charge is 0.280 e. The number of H-pyrrole nitrogens is 1. The fourth-order valence-corrected chi connectivity index (χ4v) is 5.92. The molecule has 184 valence electrons. The number of nitrogens with one attached hydrogen (secondary N) is 3. The van der Waals surface area contributed by atoms with Gasteiger partial charge in [-0.1, -0.05) is 11.6 Å². The molecule has 35 heavy (non-hydrogen) atoms. The van der Waals surface area contributed by atoms with Gasteiger partial charge in [-0.15, -0.1) is 11.3 Å². The normalized spacial score (nSPS) is 20.5. The minimum absolute atomic E-state index is 0.0484. The maximum Gasteiger partial charge on any atom is 0.280 e. The van der Waals surface area contributed by atoms with Gasteiger partial charge in [-0.05, 0) is 38.6 Å². The number of aryl methyl sites for hydroxylation is 1. The third-order valence-corrected chi connectivity index (χ3v) is 7.91. The summed E-state index contributed by atoms with van der Waals surface area (Å²) in [5.41, 5.74) is 3.49. The van der Waals surface area contributed by atoms with Gasteiger partial charge in [0.05, 0.1) is 17.8 Å². The molecule has 1 aromatic carbocycles. The lowest BCUT2D eigenvalue weighted by Gasteiger charge is -2.38. The van der Waals surface area contributed by atoms with Crippen molar-refractivity contribution in [2.45, 2.75) is 45.3 Å². The zero-order chi connectivity index (χ0) is 24.7. The zero-order valence-electron chi connectivity index (χ0n) is 20.2. The monoisotopic (exact) mass is 494 g/mol. The number of carbonyl (C=O) groups is 3. The molecule has 0 saturated carbocycles. The molecule has 9 nitrogen and oxygen atoms in total. The van der Waals surface area contributed by atoms with E-state index in [4.69, 9.17) is 0 Å². The third-order valence-electron chi connectivity index (χ3n) is 6.83. The SMILES string of the molecule is CC(=O)N1CC[C@H](NC(=O)c2cc3cc(C)ccc3[nH]2)[C@H](NC(=O)c2nc3c(s2)CN(C)CC3)C1. The summed E-state index contributed by atoms with van der Waals surface area (Å²) in [5.74, 6) is -0.539. The summed E-state index contributed by atoms with van der Waals surface area (Å²) in [6.07, 6.45) is 1.38. The van der Waals surface area contributed by atoms with Gasteiger partial charge in [0.1, 0.15) is 5.69 Å². The van der Waals surface area contributed by atoms with Crippen LogP contribution >= 0.6 is 11.3 Å². The summed E-state index contributed by atoms with van der Waals surface area (Å²) in [6, 6.07) is 7.10. The highest BCUT2D eigenvalue weighted by Crippen LogP contribution is 2.25. The molecule has 4 heterocycles. The number of hydrogen-bond donors (Lipinski definition) is 3. The van der Waals surface area contributed by atoms with Crippen molar-refractivity contribution in [1.29, 1.82) is 0 Å². The van der Waals surface area contributed by atoms with Gasteiger partial charge in [0, 0.05) is 55.3 Å². The fraction of sp³-hybridized carbons (Fsp3) is 0.440. The molecule has 2 aliphatic rings. The van der Waals surface area contributed by atoms with Gasteiger partial charge in [-0.25, -0.2) is 4.98 Å². The lowest BCUT2D eigenvalue weighted by Crippen LogP contribution is -2.61. The van der Waals surface area contributed by atoms with Crippen molar-refractivity contribution in [3.05, 3.63) is 51.1 Å². The van der Waals surface area contributed by atoms with Crippen molar-refractivity contribution < 1.29 is 14.4 Å². The molecule has 1 saturated heterocycles. The highest BCUT2D eigenvalue weighted by Gasteiger charge is 2.34. The molecule has 3 aromatic rings. The number of likely N-dealkylation sites (tertiary alicyclic amines) is 1. The summed E-state index contributed by atoms with van der Waals surface area (Å²) in [6.45, 7) is 6.12. The first-order valence-corrected chi connectivity index (χ1v) is 12.7. The Labute approximate surface area is 207 Å². The maximum atomic E-state index is 13.1. The first-order valence-electron chi connectivity index (χ1n) is 11.9. The van der Waals surface area contributed by atoms with Gasteiger partial charge in [-0.3, -0.25) is 14.4 Å². The van der Waals surface area contributed by atoms with Crippen LogP contribution in [0.15, 0.2) is 24.3 Å². The standard InChI is InChI=1S/C25H30N6O3S/c1-14-4-5-17-16(10-14)11-20(26-17)23(33)27-18-7-9-31(15(2)32)12-21(18)28-24(34)25-29-19-6-8-30(3)13-22(19)35-25/h4-5,10-11,18,21,26H,6-9,12-13H2,1-3H3,(H,27,33)(H,28,34)/t18-,21+/m0/s1. The second-order valence-corrected chi connectivity index (χ2v) is 10.6. The first-order chi connectivity index (χ1) is 16.8. The Kier molecular flexibility index (Phi) is 6.33. The highest BCUT2D eigenvalue weighted by molar-refractivity contribution is 7.13. The molecule has 1 fully saturated rings. The lowest BCUT2D eigenvalue weighted by atomic mass is 9.98. The van der Waals surface area contributed by atoms with Crippen LogP contribution in [0.5, 0.6) is 0 Å². The van der Waals surface area contributed by atoms with Crippen LogP contribution in [0.1, 0.15) is 49.8 Å². The third kappa shape index (κ3) is 4.94. The van der Waals surface area contributed by atoms with Crippen LogP contribution in [-0.2, 0) is 17.8 Å². The van der Waals surface area contributed by atoms with Crippen LogP contribution in [0, 0.1) is 6.92 Å². The molecule has 0 aliphatic carbocycles. The Hall–Kier alpha value is -3.24. The quantitative estimate of drug-likeness (QED) is 0.514. The molecular weight excluding hydrogens is 464 g/mol. The molecule has 5 rings (SSSR count). The van der Waals surface area contributed by atoms with Crippen molar-refractivity contribution in [3.63, 3.8) is 0 Å². The number of piperidine rings is 1. The van der Waals surface area contributed by atoms with Gasteiger partial charge in [0.25, 0.3) is 11.8 Å². The van der Waals surface area contributed by atoms with E-state index >= 15 is 0 Å². The molecule has 3 N–H and O–H groups in total. The van der Waals surface area contributed by atoms with Crippen LogP contribution in [-0.4, -0.2) is 76.3 Å². The van der Waals surface area contributed by atoms with Crippen LogP contribution < -0.4 is 10.6 Å². The predicted molar refractivity (Wildman–Crippen MR) is 135 cm³/mol. The van der Waals surface area contributed by atoms with Crippen LogP contribution in [0.4, 0.5) is 0 Å². The zero-order valence-corrected chi connectivity index (χ0v) is 21.0. The van der Waals surface area contributed by atoms with Gasteiger partial charge >= 0.3 is 0 Å². The van der Waals surface area contributed by atoms with Gasteiger partial charge < -0.3 is 25.4 Å². The summed E-state index contributed by atoms with van der Waals surface area (Å²) >= 11 is 1.42. The topological polar surface area (TPSA) is 110 Å². The van der Waals surface area contributed by atoms with Crippen LogP contribution in [0.25, 0.3) is 10.9 Å². The Balaban J connectivity index is 1.32. The Morgan fingerprint density at radius 2 is 1.91 bits per heavy atom. The summed E-state index contributed by atoms with van der Waals surface area (Å²) in [7, 11) is 2.06. The number of likely N-dealkylation sites (N-methyl/N-ethyl adjacent to an activating group) is 1. The van der Waals surface area contributed by atoms with Crippen LogP contribution in [0.2, 0.25) is 0 Å². The number of thiazole rings is 1. The van der Waals surface area contributed by atoms with Crippen molar-refractivity contribution in [2.24, 2.45) is 0 Å². The van der Waals surface area contributed by atoms with Crippen molar-refractivity contribution in [2.75, 3.05) is 26.7 Å². The number of aromatic amines is 1. The van der Waals surface area contributed by atoms with E-state index in [2.05, 4.69) is 32.5 Å². The Bertz CT molecular complexity index is 1300. The number of nitrogens with zero attached hydrogens (tertiary/aromatic N) is 3. The molecule has 0 bridgehead atoms. The molecular formula is C25H30N6O3S. The average molecular weight is 495 g/mol. The van der Waals surface area contributed by atoms with Crippen molar-refractivity contribution in [1.82, 2.24) is 30.4 Å². The molecule has 3 amide bonds. The summed E-state index contributed by atoms with van der Waals surface area (Å²) in [5, 5.41) is 7.55. The number of carbonyl (C=O) groups excluding carboxylic acids is 3. The average Bonchev–Trinajstić information content (AvgIpc) is 3.43. The van der Waals surface area contributed by atoms with E-state index in [1.54, 1.807) is 4.90 Å². The Morgan fingerprint density at radius 3 is 2.71 bits per heavy atom. The summed E-state index contributed by atoms with van der Waals surface area (Å²) in [4.78, 5) is 51.1. The molecule has 2 atom stereocenters. The molecule has 0 radical (unpaired) electrons. The highest BCUT2D eigenvalue weighted by atomic mass is 32.1. The van der Waals surface area contributed by atoms with Crippen molar-refractivity contribution >= 4 is 40.0 Å². The van der Waals surface area contributed by atoms with Gasteiger partial charge in [0.2, 0.25) is 5.91 Å². The van der Waals surface area contributed by atoms with E-state index in [0.29, 0.717) is 30.2 Å². The minimum atomic E-state index is -0.417. The number of fused-ring (bicyclic) bond motifs is 2. The Morgan fingerprint density at radius 1 is 1.11 bits per heavy atom. The number of hydrogen-bond acceptors (Lipinski definition) is 6. The predicted octanol–water partition coefficient (Wildman–Crippen LogP) is 2.07. The second-order valence-electron chi connectivity index (χ2n) is 9.56. The van der Waals surface area contributed by atoms with E-state index in [-0.39, 0.29) is 23.8 Å². The number of benzene rings is 1. The number of aromatic nitrogens is 2. The number of rotatable bonds is 4. The largest absolute Gasteiger partial charge is 0.351 e. The van der Waals surface area contributed by atoms with E-state index < -0.39 is 6.04 Å². The van der Waals surface area contributed by atoms with Crippen LogP contribution in [0.3, 0.4) is 0 Å². The minimum Gasteiger partial charge on any atom is -0.351 e. The van der Waals surface area contributed by atoms with E-state index in [9.17, 15) is 14.4 Å². The number of amides is 3. The molecule has 10 heteroatoms. The van der Waals surface area contributed by atoms with E-state index in [0.717, 1.165) is 46.5 Å². The van der Waals surface area contributed by atoms with Gasteiger partial charge in [0.15, 0.2) is 5.01 Å². The van der Waals surface area contributed by atoms with Gasteiger partial charge in [-0.2, -0.15) is 0 Å². The van der Waals surface area contributed by atoms with E-state index in [1.165, 1.54) is 18.3 Å². The second kappa shape index (κ2) is 9.43. The summed E-state index contributed by atoms with van der Waals surface area (Å²) < 4.78 is 0. The molecule has 0 unspecified atom stereocenters. The first kappa shape index (κ1) is 23.5. The maximum absolute atomic E-state index is 13.1. The molecule has 2 aromatic heterocycles. The molecule has 0 spiro atoms. The van der Waals surface area contributed by atoms with E-state index in [1.807, 2.05) is 31.2 Å². The van der Waals surface area contributed by atoms with Crippen molar-refractivity contribution in [3.8, 4) is 0 Å². The fourth-order valence-electron chi connectivity index (χ4n) is 4.83.